The highest BCUT2D eigenvalue weighted by atomic mass is 31.2. The first-order valence-corrected chi connectivity index (χ1v) is 6.96. The number of rotatable bonds is 6. The van der Waals surface area contributed by atoms with Crippen molar-refractivity contribution in [2.45, 2.75) is 30.3 Å². The third kappa shape index (κ3) is 3.15. The molecule has 0 aliphatic carbocycles. The van der Waals surface area contributed by atoms with E-state index in [1.54, 1.807) is 0 Å². The van der Waals surface area contributed by atoms with Gasteiger partial charge in [-0.15, -0.1) is 0 Å². The first-order valence-electron chi connectivity index (χ1n) is 5.28. The van der Waals surface area contributed by atoms with Crippen LogP contribution in [0, 0.1) is 0 Å². The molecule has 1 heterocycles. The Morgan fingerprint density at radius 2 is 1.90 bits per heavy atom. The third-order valence-corrected chi connectivity index (χ3v) is 3.88. The lowest BCUT2D eigenvalue weighted by molar-refractivity contribution is -0.158. The van der Waals surface area contributed by atoms with Crippen LogP contribution in [-0.4, -0.2) is 84.4 Å². The summed E-state index contributed by atoms with van der Waals surface area (Å²) in [7, 11) is -5.27. The Kier molecular flexibility index (Phi) is 5.21. The monoisotopic (exact) mass is 315 g/mol. The number of hydrogen-bond acceptors (Lipinski definition) is 7. The summed E-state index contributed by atoms with van der Waals surface area (Å²) in [4.78, 5) is 39.8. The summed E-state index contributed by atoms with van der Waals surface area (Å²) in [5.74, 6) is -4.59. The van der Waals surface area contributed by atoms with Gasteiger partial charge in [-0.05, 0) is 0 Å². The van der Waals surface area contributed by atoms with Gasteiger partial charge < -0.3 is 34.9 Å². The number of carboxylic acid groups (broad SMARTS) is 1. The van der Waals surface area contributed by atoms with Gasteiger partial charge in [0.25, 0.3) is 0 Å². The van der Waals surface area contributed by atoms with Crippen molar-refractivity contribution in [2.75, 3.05) is 6.61 Å². The van der Waals surface area contributed by atoms with Gasteiger partial charge >= 0.3 is 13.6 Å². The summed E-state index contributed by atoms with van der Waals surface area (Å²) in [5, 5.41) is 36.8. The molecular weight excluding hydrogens is 301 g/mol. The minimum atomic E-state index is -5.27. The maximum atomic E-state index is 11.1. The van der Waals surface area contributed by atoms with Gasteiger partial charge in [-0.1, -0.05) is 0 Å². The van der Waals surface area contributed by atoms with Crippen LogP contribution in [0.15, 0.2) is 0 Å². The van der Waals surface area contributed by atoms with Gasteiger partial charge in [0.15, 0.2) is 6.23 Å². The van der Waals surface area contributed by atoms with Crippen molar-refractivity contribution in [1.29, 1.82) is 0 Å². The molecule has 0 radical (unpaired) electrons. The second-order valence-corrected chi connectivity index (χ2v) is 5.75. The maximum Gasteiger partial charge on any atom is 0.359 e. The van der Waals surface area contributed by atoms with Crippen molar-refractivity contribution in [3.05, 3.63) is 0 Å². The highest BCUT2D eigenvalue weighted by Crippen LogP contribution is 2.44. The largest absolute Gasteiger partial charge is 0.479 e. The van der Waals surface area contributed by atoms with Gasteiger partial charge in [0, 0.05) is 0 Å². The number of amides is 1. The summed E-state index contributed by atoms with van der Waals surface area (Å²) >= 11 is 0. The fourth-order valence-electron chi connectivity index (χ4n) is 1.83. The molecule has 1 fully saturated rings. The van der Waals surface area contributed by atoms with Crippen molar-refractivity contribution >= 4 is 20.0 Å². The molecule has 20 heavy (non-hydrogen) atoms. The van der Waals surface area contributed by atoms with E-state index in [4.69, 9.17) is 24.7 Å². The molecule has 2 unspecified atom stereocenters. The van der Waals surface area contributed by atoms with Crippen LogP contribution in [0.2, 0.25) is 0 Å². The zero-order valence-electron chi connectivity index (χ0n) is 9.88. The number of carboxylic acids is 1. The van der Waals surface area contributed by atoms with E-state index in [-0.39, 0.29) is 11.3 Å². The molecule has 1 amide bonds. The molecule has 12 heteroatoms. The lowest BCUT2D eigenvalue weighted by Crippen LogP contribution is -2.51. The van der Waals surface area contributed by atoms with Gasteiger partial charge in [-0.2, -0.15) is 0 Å². The summed E-state index contributed by atoms with van der Waals surface area (Å²) in [6, 6.07) is 0. The van der Waals surface area contributed by atoms with Gasteiger partial charge in [-0.3, -0.25) is 14.3 Å². The predicted molar refractivity (Wildman–Crippen MR) is 59.1 cm³/mol. The average Bonchev–Trinajstić information content (AvgIpc) is 2.61. The first-order chi connectivity index (χ1) is 9.15. The normalized spacial score (nSPS) is 31.9. The van der Waals surface area contributed by atoms with Crippen LogP contribution in [0.25, 0.3) is 0 Å². The van der Waals surface area contributed by atoms with Gasteiger partial charge in [-0.25, -0.2) is 4.79 Å². The predicted octanol–water partition coefficient (Wildman–Crippen LogP) is -3.53. The van der Waals surface area contributed by atoms with Crippen LogP contribution in [0.1, 0.15) is 0 Å². The Morgan fingerprint density at radius 1 is 1.35 bits per heavy atom. The molecule has 116 valence electrons. The fraction of sp³-hybridized carbons (Fsp3) is 0.750. The fourth-order valence-corrected chi connectivity index (χ4v) is 2.65. The zero-order chi connectivity index (χ0) is 15.7. The highest BCUT2D eigenvalue weighted by Gasteiger charge is 2.51. The van der Waals surface area contributed by atoms with E-state index in [2.05, 4.69) is 0 Å². The van der Waals surface area contributed by atoms with E-state index in [0.29, 0.717) is 0 Å². The van der Waals surface area contributed by atoms with E-state index in [0.717, 1.165) is 0 Å². The topological polar surface area (TPSA) is 185 Å². The van der Waals surface area contributed by atoms with Crippen LogP contribution in [-0.2, 0) is 18.9 Å². The lowest BCUT2D eigenvalue weighted by atomic mass is 10.1. The van der Waals surface area contributed by atoms with Crippen molar-refractivity contribution < 1.29 is 49.1 Å². The van der Waals surface area contributed by atoms with E-state index in [1.165, 1.54) is 0 Å². The number of ether oxygens (including phenoxy) is 1. The molecule has 5 atom stereocenters. The third-order valence-electron chi connectivity index (χ3n) is 2.75. The molecule has 0 saturated carbocycles. The quantitative estimate of drug-likeness (QED) is 0.212. The van der Waals surface area contributed by atoms with E-state index >= 15 is 0 Å². The maximum absolute atomic E-state index is 11.1. The molecule has 6 N–H and O–H groups in total. The minimum absolute atomic E-state index is 0.0622. The number of carbonyl (C=O) groups is 2. The SMILES string of the molecule is O=CN(C1O[C@H](CO)[C@@H](O)[C@H]1O)C(C(=O)O)P(=O)(O)O. The number of aliphatic hydroxyl groups excluding tert-OH is 3. The average molecular weight is 315 g/mol. The minimum Gasteiger partial charge on any atom is -0.479 e. The zero-order valence-corrected chi connectivity index (χ0v) is 10.8. The summed E-state index contributed by atoms with van der Waals surface area (Å²) in [6.07, 6.45) is -6.82. The van der Waals surface area contributed by atoms with Crippen molar-refractivity contribution in [3.8, 4) is 0 Å². The summed E-state index contributed by atoms with van der Waals surface area (Å²) in [5.41, 5.74) is 0. The molecule has 1 saturated heterocycles. The summed E-state index contributed by atoms with van der Waals surface area (Å²) in [6.45, 7) is -0.741. The Hall–Kier alpha value is -1.07. The van der Waals surface area contributed by atoms with E-state index < -0.39 is 50.5 Å². The molecule has 1 aliphatic rings. The van der Waals surface area contributed by atoms with E-state index in [1.807, 2.05) is 0 Å². The van der Waals surface area contributed by atoms with Crippen LogP contribution in [0.3, 0.4) is 0 Å². The van der Waals surface area contributed by atoms with Gasteiger partial charge in [0.2, 0.25) is 12.2 Å². The Balaban J connectivity index is 3.10. The number of aliphatic hydroxyl groups is 3. The lowest BCUT2D eigenvalue weighted by Gasteiger charge is -2.31. The van der Waals surface area contributed by atoms with Crippen LogP contribution >= 0.6 is 7.60 Å². The van der Waals surface area contributed by atoms with Crippen LogP contribution in [0.5, 0.6) is 0 Å². The molecule has 0 spiro atoms. The molecule has 0 aromatic rings. The molecule has 0 aromatic heterocycles. The number of nitrogens with zero attached hydrogens (tertiary/aromatic N) is 1. The molecular formula is C8H14NO10P. The second-order valence-electron chi connectivity index (χ2n) is 4.08. The molecule has 11 nitrogen and oxygen atoms in total. The number of hydrogen-bond donors (Lipinski definition) is 6. The Bertz CT molecular complexity index is 423. The van der Waals surface area contributed by atoms with Crippen LogP contribution in [0.4, 0.5) is 0 Å². The smallest absolute Gasteiger partial charge is 0.359 e. The van der Waals surface area contributed by atoms with Crippen molar-refractivity contribution in [1.82, 2.24) is 4.90 Å². The first kappa shape index (κ1) is 17.0. The number of carbonyl (C=O) groups excluding carboxylic acids is 1. The van der Waals surface area contributed by atoms with Crippen LogP contribution < -0.4 is 0 Å². The number of aliphatic carboxylic acids is 1. The molecule has 1 rings (SSSR count). The highest BCUT2D eigenvalue weighted by molar-refractivity contribution is 7.53. The van der Waals surface area contributed by atoms with Crippen molar-refractivity contribution in [2.24, 2.45) is 0 Å². The molecule has 0 bridgehead atoms. The van der Waals surface area contributed by atoms with Gasteiger partial charge in [0.1, 0.15) is 18.3 Å². The molecule has 1 aliphatic heterocycles. The van der Waals surface area contributed by atoms with E-state index in [9.17, 15) is 24.4 Å². The van der Waals surface area contributed by atoms with Crippen molar-refractivity contribution in [3.63, 3.8) is 0 Å². The molecule has 0 aromatic carbocycles. The van der Waals surface area contributed by atoms with Gasteiger partial charge in [0.05, 0.1) is 6.61 Å². The summed E-state index contributed by atoms with van der Waals surface area (Å²) < 4.78 is 16.0. The Labute approximate surface area is 112 Å². The second kappa shape index (κ2) is 6.14. The Morgan fingerprint density at radius 3 is 2.20 bits per heavy atom. The standard InChI is InChI=1S/C8H14NO10P/c10-1-3-4(12)5(13)6(19-3)9(2-11)7(8(14)15)20(16,17)18/h2-7,10,12-13H,1H2,(H,14,15)(H2,16,17,18)/t3-,4-,5-,6?,7?/m1/s1.